The number of aromatic nitrogens is 1. The zero-order chi connectivity index (χ0) is 12.5. The van der Waals surface area contributed by atoms with Crippen LogP contribution in [0, 0.1) is 12.8 Å². The number of aliphatic hydroxyl groups is 1. The van der Waals surface area contributed by atoms with Gasteiger partial charge in [-0.2, -0.15) is 0 Å². The molecule has 1 heterocycles. The van der Waals surface area contributed by atoms with Crippen LogP contribution in [-0.4, -0.2) is 16.2 Å². The molecule has 0 bridgehead atoms. The van der Waals surface area contributed by atoms with Crippen LogP contribution in [0.1, 0.15) is 37.1 Å². The highest BCUT2D eigenvalue weighted by atomic mass is 16.3. The van der Waals surface area contributed by atoms with Crippen LogP contribution in [0.3, 0.4) is 0 Å². The van der Waals surface area contributed by atoms with Gasteiger partial charge in [0.15, 0.2) is 11.5 Å². The molecule has 0 amide bonds. The van der Waals surface area contributed by atoms with Crippen LogP contribution in [0.4, 0.5) is 0 Å². The second-order valence-electron chi connectivity index (χ2n) is 5.41. The van der Waals surface area contributed by atoms with Gasteiger partial charge in [0.2, 0.25) is 0 Å². The summed E-state index contributed by atoms with van der Waals surface area (Å²) in [5.41, 5.74) is 3.15. The molecule has 1 aromatic carbocycles. The fourth-order valence-corrected chi connectivity index (χ4v) is 2.89. The van der Waals surface area contributed by atoms with E-state index in [2.05, 4.69) is 17.1 Å². The molecule has 1 fully saturated rings. The molecular formula is C15H19NO2. The Bertz CT molecular complexity index is 538. The molecule has 3 rings (SSSR count). The second-order valence-corrected chi connectivity index (χ2v) is 5.41. The van der Waals surface area contributed by atoms with Gasteiger partial charge in [0, 0.05) is 6.92 Å². The van der Waals surface area contributed by atoms with Crippen LogP contribution in [0.2, 0.25) is 0 Å². The lowest BCUT2D eigenvalue weighted by Crippen LogP contribution is -2.19. The third kappa shape index (κ3) is 2.41. The van der Waals surface area contributed by atoms with Gasteiger partial charge in [-0.05, 0) is 55.7 Å². The van der Waals surface area contributed by atoms with Crippen molar-refractivity contribution in [2.45, 2.75) is 45.1 Å². The van der Waals surface area contributed by atoms with Gasteiger partial charge >= 0.3 is 0 Å². The summed E-state index contributed by atoms with van der Waals surface area (Å²) in [7, 11) is 0. The molecule has 1 aromatic heterocycles. The van der Waals surface area contributed by atoms with Crippen LogP contribution in [-0.2, 0) is 6.42 Å². The molecule has 3 heteroatoms. The highest BCUT2D eigenvalue weighted by Gasteiger charge is 2.19. The van der Waals surface area contributed by atoms with E-state index in [1.807, 2.05) is 13.0 Å². The first-order valence-electron chi connectivity index (χ1n) is 6.75. The summed E-state index contributed by atoms with van der Waals surface area (Å²) in [4.78, 5) is 4.31. The molecule has 0 aliphatic heterocycles. The normalized spacial score (nSPS) is 24.6. The molecular weight excluding hydrogens is 226 g/mol. The van der Waals surface area contributed by atoms with Crippen molar-refractivity contribution < 1.29 is 9.52 Å². The monoisotopic (exact) mass is 245 g/mol. The molecule has 1 saturated carbocycles. The Hall–Kier alpha value is -1.35. The van der Waals surface area contributed by atoms with Gasteiger partial charge in [0.05, 0.1) is 6.10 Å². The predicted molar refractivity (Wildman–Crippen MR) is 70.4 cm³/mol. The minimum absolute atomic E-state index is 0.0688. The lowest BCUT2D eigenvalue weighted by atomic mass is 9.83. The first-order chi connectivity index (χ1) is 8.70. The van der Waals surface area contributed by atoms with E-state index in [1.54, 1.807) is 0 Å². The third-order valence-corrected chi connectivity index (χ3v) is 3.90. The van der Waals surface area contributed by atoms with E-state index in [0.717, 1.165) is 49.1 Å². The molecule has 0 spiro atoms. The van der Waals surface area contributed by atoms with Crippen LogP contribution < -0.4 is 0 Å². The molecule has 2 aromatic rings. The molecule has 3 nitrogen and oxygen atoms in total. The van der Waals surface area contributed by atoms with E-state index in [0.29, 0.717) is 5.92 Å². The van der Waals surface area contributed by atoms with Gasteiger partial charge in [-0.15, -0.1) is 0 Å². The van der Waals surface area contributed by atoms with Crippen LogP contribution in [0.5, 0.6) is 0 Å². The fourth-order valence-electron chi connectivity index (χ4n) is 2.89. The molecule has 1 N–H and O–H groups in total. The zero-order valence-corrected chi connectivity index (χ0v) is 10.7. The summed E-state index contributed by atoms with van der Waals surface area (Å²) in [6.45, 7) is 1.88. The topological polar surface area (TPSA) is 46.3 Å². The minimum Gasteiger partial charge on any atom is -0.441 e. The third-order valence-electron chi connectivity index (χ3n) is 3.90. The van der Waals surface area contributed by atoms with Crippen LogP contribution >= 0.6 is 0 Å². The number of fused-ring (bicyclic) bond motifs is 1. The Morgan fingerprint density at radius 3 is 2.83 bits per heavy atom. The van der Waals surface area contributed by atoms with Crippen molar-refractivity contribution in [2.75, 3.05) is 0 Å². The van der Waals surface area contributed by atoms with Crippen molar-refractivity contribution in [2.24, 2.45) is 5.92 Å². The van der Waals surface area contributed by atoms with Gasteiger partial charge < -0.3 is 9.52 Å². The summed E-state index contributed by atoms with van der Waals surface area (Å²) in [5, 5.41) is 9.51. The van der Waals surface area contributed by atoms with Crippen molar-refractivity contribution in [3.05, 3.63) is 29.7 Å². The summed E-state index contributed by atoms with van der Waals surface area (Å²) < 4.78 is 5.56. The Kier molecular flexibility index (Phi) is 3.08. The van der Waals surface area contributed by atoms with Crippen molar-refractivity contribution >= 4 is 11.1 Å². The molecule has 0 unspecified atom stereocenters. The van der Waals surface area contributed by atoms with Crippen molar-refractivity contribution in [1.82, 2.24) is 4.98 Å². The molecule has 0 saturated heterocycles. The highest BCUT2D eigenvalue weighted by Crippen LogP contribution is 2.28. The first-order valence-corrected chi connectivity index (χ1v) is 6.75. The number of aliphatic hydroxyl groups excluding tert-OH is 1. The summed E-state index contributed by atoms with van der Waals surface area (Å²) in [6.07, 6.45) is 5.19. The van der Waals surface area contributed by atoms with E-state index in [-0.39, 0.29) is 6.10 Å². The van der Waals surface area contributed by atoms with E-state index in [4.69, 9.17) is 4.42 Å². The standard InChI is InChI=1S/C15H19NO2/c1-10-16-14-7-4-12(9-15(14)18-10)8-11-2-5-13(17)6-3-11/h4,7,9,11,13,17H,2-3,5-6,8H2,1H3. The quantitative estimate of drug-likeness (QED) is 0.883. The Morgan fingerprint density at radius 2 is 2.06 bits per heavy atom. The van der Waals surface area contributed by atoms with Gasteiger partial charge in [-0.1, -0.05) is 6.07 Å². The number of hydrogen-bond donors (Lipinski definition) is 1. The lowest BCUT2D eigenvalue weighted by Gasteiger charge is -2.25. The number of rotatable bonds is 2. The molecule has 0 atom stereocenters. The van der Waals surface area contributed by atoms with Crippen molar-refractivity contribution in [1.29, 1.82) is 0 Å². The number of aryl methyl sites for hydroxylation is 1. The number of benzene rings is 1. The summed E-state index contributed by atoms with van der Waals surface area (Å²) in [6, 6.07) is 6.30. The lowest BCUT2D eigenvalue weighted by molar-refractivity contribution is 0.109. The Labute approximate surface area is 107 Å². The summed E-state index contributed by atoms with van der Waals surface area (Å²) in [5.74, 6) is 1.43. The first kappa shape index (κ1) is 11.7. The number of nitrogens with zero attached hydrogens (tertiary/aromatic N) is 1. The molecule has 1 aliphatic rings. The van der Waals surface area contributed by atoms with Gasteiger partial charge in [0.25, 0.3) is 0 Å². The van der Waals surface area contributed by atoms with Crippen molar-refractivity contribution in [3.63, 3.8) is 0 Å². The predicted octanol–water partition coefficient (Wildman–Crippen LogP) is 3.23. The van der Waals surface area contributed by atoms with Crippen LogP contribution in [0.25, 0.3) is 11.1 Å². The molecule has 1 aliphatic carbocycles. The van der Waals surface area contributed by atoms with Crippen molar-refractivity contribution in [3.8, 4) is 0 Å². The van der Waals surface area contributed by atoms with E-state index in [1.165, 1.54) is 5.56 Å². The molecule has 0 radical (unpaired) electrons. The van der Waals surface area contributed by atoms with Gasteiger partial charge in [0.1, 0.15) is 5.52 Å². The van der Waals surface area contributed by atoms with E-state index >= 15 is 0 Å². The largest absolute Gasteiger partial charge is 0.441 e. The number of hydrogen-bond acceptors (Lipinski definition) is 3. The Morgan fingerprint density at radius 1 is 1.28 bits per heavy atom. The maximum absolute atomic E-state index is 9.51. The molecule has 18 heavy (non-hydrogen) atoms. The Balaban J connectivity index is 1.74. The fraction of sp³-hybridized carbons (Fsp3) is 0.533. The minimum atomic E-state index is -0.0688. The van der Waals surface area contributed by atoms with Crippen LogP contribution in [0.15, 0.2) is 22.6 Å². The van der Waals surface area contributed by atoms with E-state index < -0.39 is 0 Å². The smallest absolute Gasteiger partial charge is 0.192 e. The zero-order valence-electron chi connectivity index (χ0n) is 10.7. The SMILES string of the molecule is Cc1nc2ccc(CC3CCC(O)CC3)cc2o1. The maximum Gasteiger partial charge on any atom is 0.192 e. The molecule has 96 valence electrons. The second kappa shape index (κ2) is 4.73. The average molecular weight is 245 g/mol. The van der Waals surface area contributed by atoms with Gasteiger partial charge in [-0.25, -0.2) is 4.98 Å². The highest BCUT2D eigenvalue weighted by molar-refractivity contribution is 5.73. The average Bonchev–Trinajstić information content (AvgIpc) is 2.71. The van der Waals surface area contributed by atoms with E-state index in [9.17, 15) is 5.11 Å². The maximum atomic E-state index is 9.51. The van der Waals surface area contributed by atoms with Gasteiger partial charge in [-0.3, -0.25) is 0 Å². The number of oxazole rings is 1. The summed E-state index contributed by atoms with van der Waals surface area (Å²) >= 11 is 0.